The molecule has 1 amide bonds. The third kappa shape index (κ3) is 4.40. The lowest BCUT2D eigenvalue weighted by Crippen LogP contribution is -2.28. The van der Waals surface area contributed by atoms with Gasteiger partial charge in [-0.25, -0.2) is 0 Å². The Bertz CT molecular complexity index is 368. The standard InChI is InChI=1S/C13H19NO2S/c1-14(9-5-2-6-10-15)13(16)11-7-3-4-8-12(11)17/h3-4,7-8,15,17H,2,5-6,9-10H2,1H3. The number of hydrogen-bond acceptors (Lipinski definition) is 3. The summed E-state index contributed by atoms with van der Waals surface area (Å²) >= 11 is 4.28. The summed E-state index contributed by atoms with van der Waals surface area (Å²) < 4.78 is 0. The summed E-state index contributed by atoms with van der Waals surface area (Å²) in [5.41, 5.74) is 0.639. The Balaban J connectivity index is 2.49. The Hall–Kier alpha value is -1.00. The van der Waals surface area contributed by atoms with Crippen LogP contribution in [-0.4, -0.2) is 36.1 Å². The van der Waals surface area contributed by atoms with Gasteiger partial charge in [-0.05, 0) is 31.4 Å². The number of nitrogens with zero attached hydrogens (tertiary/aromatic N) is 1. The molecule has 1 aromatic rings. The van der Waals surface area contributed by atoms with Crippen molar-refractivity contribution < 1.29 is 9.90 Å². The van der Waals surface area contributed by atoms with E-state index in [1.165, 1.54) is 0 Å². The molecule has 0 saturated heterocycles. The average molecular weight is 253 g/mol. The molecule has 0 saturated carbocycles. The molecule has 1 rings (SSSR count). The normalized spacial score (nSPS) is 10.3. The first-order valence-electron chi connectivity index (χ1n) is 5.81. The van der Waals surface area contributed by atoms with E-state index in [0.717, 1.165) is 19.3 Å². The van der Waals surface area contributed by atoms with Crippen LogP contribution in [0.4, 0.5) is 0 Å². The molecule has 3 nitrogen and oxygen atoms in total. The average Bonchev–Trinajstić information content (AvgIpc) is 2.34. The molecule has 17 heavy (non-hydrogen) atoms. The summed E-state index contributed by atoms with van der Waals surface area (Å²) in [6, 6.07) is 7.30. The number of benzene rings is 1. The number of carbonyl (C=O) groups excluding carboxylic acids is 1. The first-order chi connectivity index (χ1) is 8.16. The molecule has 0 radical (unpaired) electrons. The molecule has 0 heterocycles. The van der Waals surface area contributed by atoms with Crippen molar-refractivity contribution in [2.24, 2.45) is 0 Å². The summed E-state index contributed by atoms with van der Waals surface area (Å²) in [4.78, 5) is 14.5. The zero-order valence-corrected chi connectivity index (χ0v) is 11.0. The summed E-state index contributed by atoms with van der Waals surface area (Å²) in [7, 11) is 1.79. The predicted octanol–water partition coefficient (Wildman–Crippen LogP) is 2.21. The minimum absolute atomic E-state index is 0.000372. The molecule has 0 bridgehead atoms. The minimum Gasteiger partial charge on any atom is -0.396 e. The second kappa shape index (κ2) is 7.35. The van der Waals surface area contributed by atoms with Gasteiger partial charge in [0, 0.05) is 25.1 Å². The van der Waals surface area contributed by atoms with Crippen molar-refractivity contribution in [3.8, 4) is 0 Å². The van der Waals surface area contributed by atoms with Crippen LogP contribution in [0.1, 0.15) is 29.6 Å². The summed E-state index contributed by atoms with van der Waals surface area (Å²) in [6.07, 6.45) is 2.65. The van der Waals surface area contributed by atoms with Gasteiger partial charge in [0.05, 0.1) is 5.56 Å². The molecule has 94 valence electrons. The molecule has 0 fully saturated rings. The van der Waals surface area contributed by atoms with Crippen molar-refractivity contribution in [2.75, 3.05) is 20.2 Å². The molecule has 0 aliphatic carbocycles. The lowest BCUT2D eigenvalue weighted by molar-refractivity contribution is 0.0789. The fourth-order valence-electron chi connectivity index (χ4n) is 1.60. The van der Waals surface area contributed by atoms with Gasteiger partial charge >= 0.3 is 0 Å². The van der Waals surface area contributed by atoms with Gasteiger partial charge in [-0.2, -0.15) is 0 Å². The highest BCUT2D eigenvalue weighted by molar-refractivity contribution is 7.80. The van der Waals surface area contributed by atoms with Crippen LogP contribution in [0.15, 0.2) is 29.2 Å². The monoisotopic (exact) mass is 253 g/mol. The number of unbranched alkanes of at least 4 members (excludes halogenated alkanes) is 2. The largest absolute Gasteiger partial charge is 0.396 e. The van der Waals surface area contributed by atoms with Crippen molar-refractivity contribution in [3.05, 3.63) is 29.8 Å². The Morgan fingerprint density at radius 2 is 2.00 bits per heavy atom. The lowest BCUT2D eigenvalue weighted by atomic mass is 10.2. The van der Waals surface area contributed by atoms with Crippen molar-refractivity contribution in [1.29, 1.82) is 0 Å². The number of carbonyl (C=O) groups is 1. The summed E-state index contributed by atoms with van der Waals surface area (Å²) in [5, 5.41) is 8.66. The molecule has 0 aliphatic rings. The van der Waals surface area contributed by atoms with Crippen LogP contribution in [0.5, 0.6) is 0 Å². The van der Waals surface area contributed by atoms with E-state index in [1.54, 1.807) is 18.0 Å². The van der Waals surface area contributed by atoms with Gasteiger partial charge in [-0.15, -0.1) is 12.6 Å². The fraction of sp³-hybridized carbons (Fsp3) is 0.462. The van der Waals surface area contributed by atoms with Crippen molar-refractivity contribution in [1.82, 2.24) is 4.90 Å². The summed E-state index contributed by atoms with van der Waals surface area (Å²) in [6.45, 7) is 0.929. The zero-order chi connectivity index (χ0) is 12.7. The van der Waals surface area contributed by atoms with Gasteiger partial charge < -0.3 is 10.0 Å². The van der Waals surface area contributed by atoms with Gasteiger partial charge in [0.2, 0.25) is 0 Å². The number of aliphatic hydroxyl groups is 1. The highest BCUT2D eigenvalue weighted by Crippen LogP contribution is 2.15. The van der Waals surface area contributed by atoms with Gasteiger partial charge in [0.15, 0.2) is 0 Å². The SMILES string of the molecule is CN(CCCCCO)C(=O)c1ccccc1S. The molecular formula is C13H19NO2S. The Morgan fingerprint density at radius 1 is 1.29 bits per heavy atom. The summed E-state index contributed by atoms with van der Waals surface area (Å²) in [5.74, 6) is -0.000372. The van der Waals surface area contributed by atoms with Crippen molar-refractivity contribution in [3.63, 3.8) is 0 Å². The van der Waals surface area contributed by atoms with Crippen LogP contribution >= 0.6 is 12.6 Å². The Morgan fingerprint density at radius 3 is 2.65 bits per heavy atom. The van der Waals surface area contributed by atoms with Crippen LogP contribution < -0.4 is 0 Å². The van der Waals surface area contributed by atoms with Gasteiger partial charge in [-0.1, -0.05) is 12.1 Å². The number of aliphatic hydroxyl groups excluding tert-OH is 1. The Kier molecular flexibility index (Phi) is 6.08. The van der Waals surface area contributed by atoms with Crippen LogP contribution in [0.3, 0.4) is 0 Å². The second-order valence-electron chi connectivity index (χ2n) is 4.03. The molecule has 0 atom stereocenters. The molecule has 4 heteroatoms. The van der Waals surface area contributed by atoms with E-state index in [0.29, 0.717) is 17.0 Å². The number of hydrogen-bond donors (Lipinski definition) is 2. The van der Waals surface area contributed by atoms with Crippen LogP contribution in [-0.2, 0) is 0 Å². The van der Waals surface area contributed by atoms with Crippen LogP contribution in [0.2, 0.25) is 0 Å². The molecule has 1 aromatic carbocycles. The molecular weight excluding hydrogens is 234 g/mol. The highest BCUT2D eigenvalue weighted by Gasteiger charge is 2.13. The quantitative estimate of drug-likeness (QED) is 0.603. The first-order valence-corrected chi connectivity index (χ1v) is 6.26. The topological polar surface area (TPSA) is 40.5 Å². The van der Waals surface area contributed by atoms with Gasteiger partial charge in [0.25, 0.3) is 5.91 Å². The van der Waals surface area contributed by atoms with E-state index in [-0.39, 0.29) is 12.5 Å². The third-order valence-electron chi connectivity index (χ3n) is 2.63. The van der Waals surface area contributed by atoms with E-state index in [9.17, 15) is 4.79 Å². The minimum atomic E-state index is -0.000372. The maximum absolute atomic E-state index is 12.1. The van der Waals surface area contributed by atoms with Crippen LogP contribution in [0, 0.1) is 0 Å². The highest BCUT2D eigenvalue weighted by atomic mass is 32.1. The maximum Gasteiger partial charge on any atom is 0.254 e. The van der Waals surface area contributed by atoms with Crippen molar-refractivity contribution in [2.45, 2.75) is 24.2 Å². The van der Waals surface area contributed by atoms with E-state index in [1.807, 2.05) is 18.2 Å². The molecule has 0 spiro atoms. The predicted molar refractivity (Wildman–Crippen MR) is 71.6 cm³/mol. The van der Waals surface area contributed by atoms with Gasteiger partial charge in [-0.3, -0.25) is 4.79 Å². The molecule has 0 aliphatic heterocycles. The molecule has 0 unspecified atom stereocenters. The van der Waals surface area contributed by atoms with E-state index in [2.05, 4.69) is 12.6 Å². The van der Waals surface area contributed by atoms with E-state index in [4.69, 9.17) is 5.11 Å². The van der Waals surface area contributed by atoms with Crippen molar-refractivity contribution >= 4 is 18.5 Å². The lowest BCUT2D eigenvalue weighted by Gasteiger charge is -2.17. The van der Waals surface area contributed by atoms with E-state index < -0.39 is 0 Å². The Labute approximate surface area is 108 Å². The molecule has 1 N–H and O–H groups in total. The first kappa shape index (κ1) is 14.1. The van der Waals surface area contributed by atoms with E-state index >= 15 is 0 Å². The zero-order valence-electron chi connectivity index (χ0n) is 10.1. The number of thiol groups is 1. The van der Waals surface area contributed by atoms with Crippen LogP contribution in [0.25, 0.3) is 0 Å². The number of rotatable bonds is 6. The maximum atomic E-state index is 12.1. The third-order valence-corrected chi connectivity index (χ3v) is 3.02. The molecule has 0 aromatic heterocycles. The smallest absolute Gasteiger partial charge is 0.254 e. The second-order valence-corrected chi connectivity index (χ2v) is 4.51. The fourth-order valence-corrected chi connectivity index (χ4v) is 1.86. The number of amides is 1. The van der Waals surface area contributed by atoms with Gasteiger partial charge in [0.1, 0.15) is 0 Å².